The molecule has 37 heavy (non-hydrogen) atoms. The maximum absolute atomic E-state index is 14.5. The molecule has 4 N–H and O–H groups in total. The zero-order valence-electron chi connectivity index (χ0n) is 21.3. The number of aromatic nitrogens is 2. The van der Waals surface area contributed by atoms with Gasteiger partial charge in [0.1, 0.15) is 24.9 Å². The van der Waals surface area contributed by atoms with Gasteiger partial charge in [0, 0.05) is 23.7 Å². The largest absolute Gasteiger partial charge is 0.508 e. The van der Waals surface area contributed by atoms with Gasteiger partial charge in [0.2, 0.25) is 5.88 Å². The second kappa shape index (κ2) is 11.6. The van der Waals surface area contributed by atoms with Crippen LogP contribution in [-0.2, 0) is 20.6 Å². The van der Waals surface area contributed by atoms with Gasteiger partial charge in [-0.25, -0.2) is 9.18 Å². The summed E-state index contributed by atoms with van der Waals surface area (Å²) in [5, 5.41) is 46.6. The number of ether oxygens (including phenoxy) is 5. The Labute approximate surface area is 213 Å². The molecule has 0 spiro atoms. The summed E-state index contributed by atoms with van der Waals surface area (Å²) < 4.78 is 41.4. The van der Waals surface area contributed by atoms with Crippen LogP contribution in [0.2, 0.25) is 0 Å². The van der Waals surface area contributed by atoms with Crippen molar-refractivity contribution in [3.8, 4) is 11.6 Å². The number of benzene rings is 1. The first-order chi connectivity index (χ1) is 17.4. The van der Waals surface area contributed by atoms with E-state index in [0.29, 0.717) is 23.4 Å². The normalized spacial score (nSPS) is 25.7. The van der Waals surface area contributed by atoms with Gasteiger partial charge in [-0.2, -0.15) is 0 Å². The van der Waals surface area contributed by atoms with Gasteiger partial charge >= 0.3 is 12.1 Å². The van der Waals surface area contributed by atoms with Crippen LogP contribution in [-0.4, -0.2) is 87.1 Å². The standard InChI is InChI=1S/C24H33FN2O10/c1-6-34-17-8-7-14(10-16(17)25)9-15-13(4)27(12(2)3)26-22(15)37-24(32)21(30)20(29)19(28)18(36-24)11-35-23(31)33-5/h7-8,10,12,18-21,28-30,32H,6,9,11H2,1-5H3/t18-,19-,20+,21-,24+/m1/s1. The number of methoxy groups -OCH3 is 1. The molecular formula is C24H33FN2O10. The van der Waals surface area contributed by atoms with E-state index in [4.69, 9.17) is 18.9 Å². The first-order valence-corrected chi connectivity index (χ1v) is 11.7. The van der Waals surface area contributed by atoms with Crippen molar-refractivity contribution >= 4 is 6.16 Å². The summed E-state index contributed by atoms with van der Waals surface area (Å²) in [4.78, 5) is 11.3. The van der Waals surface area contributed by atoms with Crippen LogP contribution in [0.1, 0.15) is 43.6 Å². The first kappa shape index (κ1) is 28.6. The monoisotopic (exact) mass is 528 g/mol. The summed E-state index contributed by atoms with van der Waals surface area (Å²) in [6.45, 7) is 6.92. The number of hydrogen-bond acceptors (Lipinski definition) is 11. The molecule has 5 atom stereocenters. The quantitative estimate of drug-likeness (QED) is 0.273. The highest BCUT2D eigenvalue weighted by Gasteiger charge is 2.56. The molecule has 1 saturated heterocycles. The molecule has 13 heteroatoms. The third kappa shape index (κ3) is 6.13. The lowest BCUT2D eigenvalue weighted by molar-refractivity contribution is -0.423. The fourth-order valence-corrected chi connectivity index (χ4v) is 3.99. The summed E-state index contributed by atoms with van der Waals surface area (Å²) in [7, 11) is 1.07. The van der Waals surface area contributed by atoms with E-state index in [2.05, 4.69) is 9.84 Å². The van der Waals surface area contributed by atoms with Crippen molar-refractivity contribution in [1.82, 2.24) is 9.78 Å². The van der Waals surface area contributed by atoms with Crippen molar-refractivity contribution in [2.45, 2.75) is 70.5 Å². The van der Waals surface area contributed by atoms with Crippen LogP contribution in [0.3, 0.4) is 0 Å². The highest BCUT2D eigenvalue weighted by atomic mass is 19.1. The van der Waals surface area contributed by atoms with Crippen molar-refractivity contribution in [2.24, 2.45) is 0 Å². The lowest BCUT2D eigenvalue weighted by atomic mass is 9.97. The lowest BCUT2D eigenvalue weighted by Crippen LogP contribution is -2.67. The lowest BCUT2D eigenvalue weighted by Gasteiger charge is -2.44. The second-order valence-corrected chi connectivity index (χ2v) is 8.86. The number of aliphatic hydroxyl groups excluding tert-OH is 3. The molecule has 2 heterocycles. The Morgan fingerprint density at radius 1 is 1.27 bits per heavy atom. The molecule has 0 bridgehead atoms. The van der Waals surface area contributed by atoms with Crippen LogP contribution < -0.4 is 9.47 Å². The van der Waals surface area contributed by atoms with Gasteiger partial charge in [-0.3, -0.25) is 4.68 Å². The summed E-state index contributed by atoms with van der Waals surface area (Å²) in [6.07, 6.45) is -8.23. The second-order valence-electron chi connectivity index (χ2n) is 8.86. The number of carbonyl (C=O) groups is 1. The van der Waals surface area contributed by atoms with Crippen LogP contribution in [0.5, 0.6) is 11.6 Å². The third-order valence-electron chi connectivity index (χ3n) is 5.93. The third-order valence-corrected chi connectivity index (χ3v) is 5.93. The topological polar surface area (TPSA) is 162 Å². The van der Waals surface area contributed by atoms with E-state index in [0.717, 1.165) is 7.11 Å². The SMILES string of the molecule is CCOc1ccc(Cc2c(O[C@@]3(O)O[C@H](COC(=O)OC)[C@@H](O)[C@H](O)[C@H]3O)nn(C(C)C)c2C)cc1F. The smallest absolute Gasteiger partial charge is 0.491 e. The molecule has 1 aromatic carbocycles. The zero-order valence-corrected chi connectivity index (χ0v) is 21.3. The minimum atomic E-state index is -2.88. The summed E-state index contributed by atoms with van der Waals surface area (Å²) in [5.41, 5.74) is 1.64. The molecule has 1 aromatic heterocycles. The number of halogens is 1. The molecule has 3 rings (SSSR count). The van der Waals surface area contributed by atoms with Gasteiger partial charge < -0.3 is 44.1 Å². The average molecular weight is 529 g/mol. The summed E-state index contributed by atoms with van der Waals surface area (Å²) >= 11 is 0. The van der Waals surface area contributed by atoms with Gasteiger partial charge in [0.25, 0.3) is 0 Å². The number of hydrogen-bond donors (Lipinski definition) is 4. The van der Waals surface area contributed by atoms with Crippen LogP contribution in [0.25, 0.3) is 0 Å². The average Bonchev–Trinajstić information content (AvgIpc) is 3.15. The van der Waals surface area contributed by atoms with Gasteiger partial charge in [-0.15, -0.1) is 5.10 Å². The van der Waals surface area contributed by atoms with Crippen molar-refractivity contribution in [3.05, 3.63) is 40.8 Å². The molecule has 12 nitrogen and oxygen atoms in total. The minimum Gasteiger partial charge on any atom is -0.491 e. The summed E-state index contributed by atoms with van der Waals surface area (Å²) in [6, 6.07) is 4.35. The van der Waals surface area contributed by atoms with E-state index in [-0.39, 0.29) is 24.1 Å². The molecule has 1 aliphatic heterocycles. The van der Waals surface area contributed by atoms with Gasteiger partial charge in [0.05, 0.1) is 13.7 Å². The van der Waals surface area contributed by atoms with Gasteiger partial charge in [0.15, 0.2) is 17.7 Å². The number of nitrogens with zero attached hydrogens (tertiary/aromatic N) is 2. The van der Waals surface area contributed by atoms with Crippen LogP contribution in [0, 0.1) is 12.7 Å². The van der Waals surface area contributed by atoms with Crippen molar-refractivity contribution < 1.29 is 53.3 Å². The Kier molecular flexibility index (Phi) is 8.97. The Morgan fingerprint density at radius 3 is 2.57 bits per heavy atom. The van der Waals surface area contributed by atoms with Crippen molar-refractivity contribution in [1.29, 1.82) is 0 Å². The molecular weight excluding hydrogens is 495 g/mol. The molecule has 2 aromatic rings. The number of rotatable bonds is 9. The van der Waals surface area contributed by atoms with Crippen molar-refractivity contribution in [2.75, 3.05) is 20.3 Å². The maximum Gasteiger partial charge on any atom is 0.508 e. The Hall–Kier alpha value is -2.97. The zero-order chi connectivity index (χ0) is 27.5. The fourth-order valence-electron chi connectivity index (χ4n) is 3.99. The van der Waals surface area contributed by atoms with E-state index < -0.39 is 49.0 Å². The highest BCUT2D eigenvalue weighted by Crippen LogP contribution is 2.35. The number of carbonyl (C=O) groups excluding carboxylic acids is 1. The van der Waals surface area contributed by atoms with E-state index >= 15 is 0 Å². The Morgan fingerprint density at radius 2 is 1.97 bits per heavy atom. The predicted octanol–water partition coefficient (Wildman–Crippen LogP) is 1.19. The molecule has 0 unspecified atom stereocenters. The molecule has 1 fully saturated rings. The minimum absolute atomic E-state index is 0.109. The fraction of sp³-hybridized carbons (Fsp3) is 0.583. The predicted molar refractivity (Wildman–Crippen MR) is 125 cm³/mol. The molecule has 0 aliphatic carbocycles. The molecule has 0 saturated carbocycles. The van der Waals surface area contributed by atoms with E-state index in [9.17, 15) is 29.6 Å². The van der Waals surface area contributed by atoms with E-state index in [1.165, 1.54) is 12.1 Å². The molecule has 1 aliphatic rings. The Balaban J connectivity index is 1.93. The molecule has 0 amide bonds. The van der Waals surface area contributed by atoms with E-state index in [1.54, 1.807) is 24.6 Å². The van der Waals surface area contributed by atoms with Crippen molar-refractivity contribution in [3.63, 3.8) is 0 Å². The molecule has 206 valence electrons. The summed E-state index contributed by atoms with van der Waals surface area (Å²) in [5.74, 6) is -3.48. The highest BCUT2D eigenvalue weighted by molar-refractivity contribution is 5.59. The van der Waals surface area contributed by atoms with Crippen LogP contribution in [0.4, 0.5) is 9.18 Å². The van der Waals surface area contributed by atoms with Gasteiger partial charge in [-0.1, -0.05) is 6.07 Å². The van der Waals surface area contributed by atoms with Crippen LogP contribution >= 0.6 is 0 Å². The maximum atomic E-state index is 14.5. The van der Waals surface area contributed by atoms with E-state index in [1.807, 2.05) is 13.8 Å². The van der Waals surface area contributed by atoms with Crippen LogP contribution in [0.15, 0.2) is 18.2 Å². The molecule has 0 radical (unpaired) electrons. The number of aliphatic hydroxyl groups is 4. The first-order valence-electron chi connectivity index (χ1n) is 11.7. The van der Waals surface area contributed by atoms with Gasteiger partial charge in [-0.05, 0) is 45.4 Å². The Bertz CT molecular complexity index is 1090.